The lowest BCUT2D eigenvalue weighted by molar-refractivity contribution is 0.0858. The average Bonchev–Trinajstić information content (AvgIpc) is 3.13. The van der Waals surface area contributed by atoms with E-state index in [2.05, 4.69) is 13.8 Å². The molecule has 2 unspecified atom stereocenters. The highest BCUT2D eigenvalue weighted by Gasteiger charge is 2.25. The van der Waals surface area contributed by atoms with Gasteiger partial charge < -0.3 is 15.6 Å². The number of ether oxygens (including phenoxy) is 1. The van der Waals surface area contributed by atoms with E-state index in [1.54, 1.807) is 0 Å². The molecule has 1 saturated carbocycles. The van der Waals surface area contributed by atoms with Gasteiger partial charge in [-0.25, -0.2) is 0 Å². The van der Waals surface area contributed by atoms with Crippen LogP contribution in [-0.4, -0.2) is 17.8 Å². The normalized spacial score (nSPS) is 18.7. The lowest BCUT2D eigenvalue weighted by Crippen LogP contribution is -2.26. The van der Waals surface area contributed by atoms with Crippen LogP contribution in [0.3, 0.4) is 0 Å². The molecular weight excluding hydrogens is 226 g/mol. The standard InChI is InChI=1S/C15H23NO2/c1-10(2)14(9-16)15(17)11-4-3-5-13(8-11)18-12-6-7-12/h3-5,8,10,12,14-15,17H,6-7,9,16H2,1-2H3. The van der Waals surface area contributed by atoms with E-state index in [1.165, 1.54) is 0 Å². The van der Waals surface area contributed by atoms with Crippen LogP contribution in [-0.2, 0) is 0 Å². The van der Waals surface area contributed by atoms with Crippen LogP contribution in [0.2, 0.25) is 0 Å². The van der Waals surface area contributed by atoms with Crippen LogP contribution in [0.4, 0.5) is 0 Å². The third-order valence-electron chi connectivity index (χ3n) is 3.56. The molecule has 0 radical (unpaired) electrons. The predicted molar refractivity (Wildman–Crippen MR) is 72.4 cm³/mol. The first-order valence-electron chi connectivity index (χ1n) is 6.76. The second kappa shape index (κ2) is 5.72. The van der Waals surface area contributed by atoms with Gasteiger partial charge in [-0.1, -0.05) is 26.0 Å². The van der Waals surface area contributed by atoms with Crippen molar-refractivity contribution in [1.29, 1.82) is 0 Å². The summed E-state index contributed by atoms with van der Waals surface area (Å²) in [5.74, 6) is 1.30. The van der Waals surface area contributed by atoms with Crippen molar-refractivity contribution in [2.75, 3.05) is 6.54 Å². The number of hydrogen-bond acceptors (Lipinski definition) is 3. The van der Waals surface area contributed by atoms with Gasteiger partial charge in [-0.05, 0) is 43.0 Å². The first-order chi connectivity index (χ1) is 8.61. The van der Waals surface area contributed by atoms with E-state index in [-0.39, 0.29) is 5.92 Å². The van der Waals surface area contributed by atoms with Gasteiger partial charge in [0.15, 0.2) is 0 Å². The monoisotopic (exact) mass is 249 g/mol. The summed E-state index contributed by atoms with van der Waals surface area (Å²) >= 11 is 0. The van der Waals surface area contributed by atoms with Gasteiger partial charge in [0.05, 0.1) is 12.2 Å². The van der Waals surface area contributed by atoms with E-state index in [9.17, 15) is 5.11 Å². The first-order valence-corrected chi connectivity index (χ1v) is 6.76. The van der Waals surface area contributed by atoms with Gasteiger partial charge in [0.25, 0.3) is 0 Å². The maximum absolute atomic E-state index is 10.4. The quantitative estimate of drug-likeness (QED) is 0.814. The molecule has 100 valence electrons. The number of hydrogen-bond donors (Lipinski definition) is 2. The van der Waals surface area contributed by atoms with Gasteiger partial charge in [-0.15, -0.1) is 0 Å². The Bertz CT molecular complexity index is 388. The minimum Gasteiger partial charge on any atom is -0.490 e. The summed E-state index contributed by atoms with van der Waals surface area (Å²) in [6.45, 7) is 4.67. The van der Waals surface area contributed by atoms with Crippen molar-refractivity contribution in [3.05, 3.63) is 29.8 Å². The zero-order chi connectivity index (χ0) is 13.1. The fourth-order valence-electron chi connectivity index (χ4n) is 2.16. The molecule has 1 aliphatic carbocycles. The molecule has 3 heteroatoms. The first kappa shape index (κ1) is 13.4. The fraction of sp³-hybridized carbons (Fsp3) is 0.600. The zero-order valence-electron chi connectivity index (χ0n) is 11.2. The lowest BCUT2D eigenvalue weighted by Gasteiger charge is -2.25. The molecule has 1 aromatic rings. The second-order valence-corrected chi connectivity index (χ2v) is 5.48. The third kappa shape index (κ3) is 3.24. The van der Waals surface area contributed by atoms with Crippen molar-refractivity contribution in [2.45, 2.75) is 38.9 Å². The molecule has 0 aromatic heterocycles. The van der Waals surface area contributed by atoms with E-state index in [4.69, 9.17) is 10.5 Å². The van der Waals surface area contributed by atoms with Crippen LogP contribution in [0.1, 0.15) is 38.4 Å². The van der Waals surface area contributed by atoms with Crippen molar-refractivity contribution in [1.82, 2.24) is 0 Å². The summed E-state index contributed by atoms with van der Waals surface area (Å²) in [6.07, 6.45) is 2.15. The van der Waals surface area contributed by atoms with Crippen LogP contribution >= 0.6 is 0 Å². The van der Waals surface area contributed by atoms with E-state index < -0.39 is 6.10 Å². The van der Waals surface area contributed by atoms with Crippen molar-refractivity contribution >= 4 is 0 Å². The van der Waals surface area contributed by atoms with Crippen LogP contribution in [0.25, 0.3) is 0 Å². The summed E-state index contributed by atoms with van der Waals surface area (Å²) in [7, 11) is 0. The molecule has 0 amide bonds. The molecule has 1 fully saturated rings. The molecular formula is C15H23NO2. The number of nitrogens with two attached hydrogens (primary N) is 1. The SMILES string of the molecule is CC(C)C(CN)C(O)c1cccc(OC2CC2)c1. The molecule has 18 heavy (non-hydrogen) atoms. The van der Waals surface area contributed by atoms with E-state index in [0.29, 0.717) is 18.6 Å². The summed E-state index contributed by atoms with van der Waals surface area (Å²) in [6, 6.07) is 7.76. The average molecular weight is 249 g/mol. The maximum Gasteiger partial charge on any atom is 0.120 e. The second-order valence-electron chi connectivity index (χ2n) is 5.48. The fourth-order valence-corrected chi connectivity index (χ4v) is 2.16. The Morgan fingerprint density at radius 1 is 1.39 bits per heavy atom. The number of aliphatic hydroxyl groups is 1. The highest BCUT2D eigenvalue weighted by atomic mass is 16.5. The molecule has 0 spiro atoms. The summed E-state index contributed by atoms with van der Waals surface area (Å²) in [5.41, 5.74) is 6.65. The van der Waals surface area contributed by atoms with Gasteiger partial charge in [0, 0.05) is 5.92 Å². The zero-order valence-corrected chi connectivity index (χ0v) is 11.2. The van der Waals surface area contributed by atoms with E-state index in [1.807, 2.05) is 24.3 Å². The van der Waals surface area contributed by atoms with Gasteiger partial charge in [-0.3, -0.25) is 0 Å². The Morgan fingerprint density at radius 3 is 2.67 bits per heavy atom. The Kier molecular flexibility index (Phi) is 4.25. The number of aliphatic hydroxyl groups excluding tert-OH is 1. The summed E-state index contributed by atoms with van der Waals surface area (Å²) < 4.78 is 5.75. The number of benzene rings is 1. The molecule has 0 aliphatic heterocycles. The van der Waals surface area contributed by atoms with Crippen molar-refractivity contribution < 1.29 is 9.84 Å². The Hall–Kier alpha value is -1.06. The smallest absolute Gasteiger partial charge is 0.120 e. The highest BCUT2D eigenvalue weighted by Crippen LogP contribution is 2.31. The largest absolute Gasteiger partial charge is 0.490 e. The predicted octanol–water partition coefficient (Wildman–Crippen LogP) is 2.49. The Morgan fingerprint density at radius 2 is 2.11 bits per heavy atom. The maximum atomic E-state index is 10.4. The molecule has 0 saturated heterocycles. The van der Waals surface area contributed by atoms with Crippen LogP contribution < -0.4 is 10.5 Å². The van der Waals surface area contributed by atoms with E-state index >= 15 is 0 Å². The molecule has 3 N–H and O–H groups in total. The summed E-state index contributed by atoms with van der Waals surface area (Å²) in [5, 5.41) is 10.4. The van der Waals surface area contributed by atoms with Gasteiger partial charge >= 0.3 is 0 Å². The van der Waals surface area contributed by atoms with Crippen molar-refractivity contribution in [2.24, 2.45) is 17.6 Å². The highest BCUT2D eigenvalue weighted by molar-refractivity contribution is 5.30. The third-order valence-corrected chi connectivity index (χ3v) is 3.56. The molecule has 0 heterocycles. The van der Waals surface area contributed by atoms with Crippen LogP contribution in [0.15, 0.2) is 24.3 Å². The topological polar surface area (TPSA) is 55.5 Å². The van der Waals surface area contributed by atoms with Crippen molar-refractivity contribution in [3.8, 4) is 5.75 Å². The molecule has 2 atom stereocenters. The minimum absolute atomic E-state index is 0.0844. The molecule has 1 aliphatic rings. The lowest BCUT2D eigenvalue weighted by atomic mass is 9.86. The molecule has 3 nitrogen and oxygen atoms in total. The summed E-state index contributed by atoms with van der Waals surface area (Å²) in [4.78, 5) is 0. The van der Waals surface area contributed by atoms with E-state index in [0.717, 1.165) is 24.2 Å². The van der Waals surface area contributed by atoms with Crippen LogP contribution in [0, 0.1) is 11.8 Å². The molecule has 0 bridgehead atoms. The number of rotatable bonds is 6. The van der Waals surface area contributed by atoms with Crippen molar-refractivity contribution in [3.63, 3.8) is 0 Å². The van der Waals surface area contributed by atoms with Gasteiger partial charge in [0.1, 0.15) is 5.75 Å². The Balaban J connectivity index is 2.10. The molecule has 2 rings (SSSR count). The molecule has 1 aromatic carbocycles. The Labute approximate surface area is 109 Å². The van der Waals surface area contributed by atoms with Crippen LogP contribution in [0.5, 0.6) is 5.75 Å². The van der Waals surface area contributed by atoms with Gasteiger partial charge in [-0.2, -0.15) is 0 Å². The van der Waals surface area contributed by atoms with Gasteiger partial charge in [0.2, 0.25) is 0 Å². The minimum atomic E-state index is -0.516.